The molecule has 29 heavy (non-hydrogen) atoms. The molecule has 0 spiro atoms. The van der Waals surface area contributed by atoms with Crippen LogP contribution in [0.15, 0.2) is 11.6 Å². The van der Waals surface area contributed by atoms with Gasteiger partial charge in [0.2, 0.25) is 0 Å². The number of rotatable bonds is 6. The lowest BCUT2D eigenvalue weighted by Gasteiger charge is -2.51. The first-order chi connectivity index (χ1) is 13.9. The van der Waals surface area contributed by atoms with Crippen molar-refractivity contribution in [1.82, 2.24) is 0 Å². The van der Waals surface area contributed by atoms with Crippen LogP contribution in [0.4, 0.5) is 0 Å². The summed E-state index contributed by atoms with van der Waals surface area (Å²) in [6.07, 6.45) is 20.2. The summed E-state index contributed by atoms with van der Waals surface area (Å²) in [6.45, 7) is 10.1. The fourth-order valence-electron chi connectivity index (χ4n) is 8.62. The highest BCUT2D eigenvalue weighted by Gasteiger charge is 2.55. The molecule has 0 saturated heterocycles. The Morgan fingerprint density at radius 1 is 1.00 bits per heavy atom. The molecule has 0 radical (unpaired) electrons. The molecular weight excluding hydrogens is 352 g/mol. The third kappa shape index (κ3) is 4.37. The Bertz CT molecular complexity index is 577. The minimum absolute atomic E-state index is 0.485. The molecule has 0 heterocycles. The fourth-order valence-corrected chi connectivity index (χ4v) is 8.62. The number of fused-ring (bicyclic) bond motifs is 6. The highest BCUT2D eigenvalue weighted by atomic mass is 16.5. The Labute approximate surface area is 181 Å². The van der Waals surface area contributed by atoms with Gasteiger partial charge in [0.05, 0.1) is 6.10 Å². The Morgan fingerprint density at radius 2 is 1.83 bits per heavy atom. The van der Waals surface area contributed by atoms with E-state index < -0.39 is 0 Å². The molecule has 2 bridgehead atoms. The first-order valence-electron chi connectivity index (χ1n) is 13.1. The molecule has 0 aromatic carbocycles. The van der Waals surface area contributed by atoms with Gasteiger partial charge in [-0.05, 0) is 105 Å². The Hall–Kier alpha value is -0.300. The maximum Gasteiger partial charge on any atom is 0.0608 e. The summed E-state index contributed by atoms with van der Waals surface area (Å²) < 4.78 is 5.79. The van der Waals surface area contributed by atoms with Gasteiger partial charge < -0.3 is 4.74 Å². The van der Waals surface area contributed by atoms with Crippen LogP contribution < -0.4 is 0 Å². The zero-order valence-electron chi connectivity index (χ0n) is 20.1. The molecule has 4 rings (SSSR count). The zero-order valence-corrected chi connectivity index (χ0v) is 20.1. The third-order valence-corrected chi connectivity index (χ3v) is 10.2. The van der Waals surface area contributed by atoms with Crippen molar-refractivity contribution in [2.75, 3.05) is 7.11 Å². The van der Waals surface area contributed by atoms with Gasteiger partial charge in [-0.3, -0.25) is 0 Å². The van der Waals surface area contributed by atoms with Gasteiger partial charge in [-0.2, -0.15) is 0 Å². The SMILES string of the molecule is CO[C@H]1CC[C@@H]2CC(=CC[C@@H]3[C@@H]2CC[C@]2(C)[C@@H]([C@H](C)CCCC(C)C)CC[C@@H]32)C1. The van der Waals surface area contributed by atoms with Crippen molar-refractivity contribution in [3.8, 4) is 0 Å². The summed E-state index contributed by atoms with van der Waals surface area (Å²) in [7, 11) is 1.92. The molecule has 0 aliphatic heterocycles. The number of hydrogen-bond acceptors (Lipinski definition) is 1. The summed E-state index contributed by atoms with van der Waals surface area (Å²) in [5, 5.41) is 0. The maximum atomic E-state index is 5.79. The highest BCUT2D eigenvalue weighted by molar-refractivity contribution is 5.14. The van der Waals surface area contributed by atoms with Crippen LogP contribution in [0.1, 0.15) is 105 Å². The second kappa shape index (κ2) is 9.05. The van der Waals surface area contributed by atoms with Gasteiger partial charge in [0.25, 0.3) is 0 Å². The van der Waals surface area contributed by atoms with Crippen molar-refractivity contribution in [2.24, 2.45) is 46.8 Å². The summed E-state index contributed by atoms with van der Waals surface area (Å²) >= 11 is 0. The second-order valence-corrected chi connectivity index (χ2v) is 12.2. The molecule has 4 aliphatic rings. The largest absolute Gasteiger partial charge is 0.381 e. The van der Waals surface area contributed by atoms with Crippen LogP contribution in [0, 0.1) is 46.8 Å². The van der Waals surface area contributed by atoms with E-state index in [0.29, 0.717) is 11.5 Å². The average molecular weight is 401 g/mol. The van der Waals surface area contributed by atoms with E-state index in [9.17, 15) is 0 Å². The Morgan fingerprint density at radius 3 is 2.59 bits per heavy atom. The van der Waals surface area contributed by atoms with Gasteiger partial charge >= 0.3 is 0 Å². The topological polar surface area (TPSA) is 9.23 Å². The molecule has 0 amide bonds. The van der Waals surface area contributed by atoms with Crippen molar-refractivity contribution in [1.29, 1.82) is 0 Å². The number of methoxy groups -OCH3 is 1. The van der Waals surface area contributed by atoms with E-state index >= 15 is 0 Å². The van der Waals surface area contributed by atoms with Crippen molar-refractivity contribution in [3.05, 3.63) is 11.6 Å². The molecular formula is C28H48O. The van der Waals surface area contributed by atoms with Gasteiger partial charge in [-0.25, -0.2) is 0 Å². The van der Waals surface area contributed by atoms with Crippen molar-refractivity contribution in [2.45, 2.75) is 111 Å². The Balaban J connectivity index is 1.47. The summed E-state index contributed by atoms with van der Waals surface area (Å²) in [5.74, 6) is 6.68. The highest BCUT2D eigenvalue weighted by Crippen LogP contribution is 2.64. The van der Waals surface area contributed by atoms with Crippen LogP contribution >= 0.6 is 0 Å². The zero-order chi connectivity index (χ0) is 20.6. The average Bonchev–Trinajstić information content (AvgIpc) is 2.82. The maximum absolute atomic E-state index is 5.79. The minimum atomic E-state index is 0.485. The number of hydrogen-bond donors (Lipinski definition) is 0. The van der Waals surface area contributed by atoms with Crippen LogP contribution in [-0.2, 0) is 4.74 Å². The van der Waals surface area contributed by atoms with Crippen LogP contribution in [0.3, 0.4) is 0 Å². The number of allylic oxidation sites excluding steroid dienone is 1. The lowest BCUT2D eigenvalue weighted by molar-refractivity contribution is -0.0225. The van der Waals surface area contributed by atoms with Crippen molar-refractivity contribution in [3.63, 3.8) is 0 Å². The van der Waals surface area contributed by atoms with Crippen molar-refractivity contribution < 1.29 is 4.74 Å². The molecule has 3 fully saturated rings. The first kappa shape index (κ1) is 21.9. The van der Waals surface area contributed by atoms with Crippen LogP contribution in [0.25, 0.3) is 0 Å². The van der Waals surface area contributed by atoms with Crippen molar-refractivity contribution >= 4 is 0 Å². The fraction of sp³-hybridized carbons (Fsp3) is 0.929. The molecule has 0 N–H and O–H groups in total. The monoisotopic (exact) mass is 400 g/mol. The van der Waals surface area contributed by atoms with Crippen LogP contribution in [0.5, 0.6) is 0 Å². The lowest BCUT2D eigenvalue weighted by Crippen LogP contribution is -2.44. The molecule has 166 valence electrons. The molecule has 1 heteroatoms. The summed E-state index contributed by atoms with van der Waals surface area (Å²) in [6, 6.07) is 0. The predicted octanol–water partition coefficient (Wildman–Crippen LogP) is 8.04. The third-order valence-electron chi connectivity index (χ3n) is 10.2. The normalized spacial score (nSPS) is 43.2. The van der Waals surface area contributed by atoms with Crippen LogP contribution in [-0.4, -0.2) is 13.2 Å². The molecule has 0 aromatic heterocycles. The van der Waals surface area contributed by atoms with E-state index in [-0.39, 0.29) is 0 Å². The summed E-state index contributed by atoms with van der Waals surface area (Å²) in [5.41, 5.74) is 2.37. The molecule has 4 aliphatic carbocycles. The van der Waals surface area contributed by atoms with E-state index in [1.54, 1.807) is 5.57 Å². The predicted molar refractivity (Wildman–Crippen MR) is 124 cm³/mol. The van der Waals surface area contributed by atoms with E-state index in [0.717, 1.165) is 41.4 Å². The van der Waals surface area contributed by atoms with E-state index in [1.165, 1.54) is 77.0 Å². The molecule has 3 saturated carbocycles. The first-order valence-corrected chi connectivity index (χ1v) is 13.1. The molecule has 0 unspecified atom stereocenters. The molecule has 1 nitrogen and oxygen atoms in total. The quantitative estimate of drug-likeness (QED) is 0.410. The van der Waals surface area contributed by atoms with Gasteiger partial charge in [-0.1, -0.05) is 58.6 Å². The molecule has 8 atom stereocenters. The molecule has 0 aromatic rings. The summed E-state index contributed by atoms with van der Waals surface area (Å²) in [4.78, 5) is 0. The second-order valence-electron chi connectivity index (χ2n) is 12.2. The van der Waals surface area contributed by atoms with Gasteiger partial charge in [-0.15, -0.1) is 0 Å². The number of ether oxygens (including phenoxy) is 1. The van der Waals surface area contributed by atoms with Gasteiger partial charge in [0.1, 0.15) is 0 Å². The van der Waals surface area contributed by atoms with Gasteiger partial charge in [0, 0.05) is 7.11 Å². The standard InChI is InChI=1S/C28H48O/c1-19(2)7-6-8-20(3)26-13-14-27-25-12-9-21-17-22(10-11-23(18-21)29-5)24(25)15-16-28(26,27)4/h9,19-20,22-27H,6-8,10-18H2,1-5H3/t20-,22-,23+,24-,25-,26-,27+,28-/m1/s1. The van der Waals surface area contributed by atoms with Crippen LogP contribution in [0.2, 0.25) is 0 Å². The Kier molecular flexibility index (Phi) is 6.84. The van der Waals surface area contributed by atoms with E-state index in [4.69, 9.17) is 4.74 Å². The van der Waals surface area contributed by atoms with Gasteiger partial charge in [0.15, 0.2) is 0 Å². The smallest absolute Gasteiger partial charge is 0.0608 e. The minimum Gasteiger partial charge on any atom is -0.381 e. The lowest BCUT2D eigenvalue weighted by atomic mass is 9.54. The van der Waals surface area contributed by atoms with E-state index in [1.807, 2.05) is 7.11 Å². The van der Waals surface area contributed by atoms with E-state index in [2.05, 4.69) is 33.8 Å².